The van der Waals surface area contributed by atoms with Crippen molar-refractivity contribution in [1.29, 1.82) is 0 Å². The molecule has 0 spiro atoms. The van der Waals surface area contributed by atoms with Gasteiger partial charge in [0.1, 0.15) is 5.56 Å². The molecule has 0 unspecified atom stereocenters. The molecule has 29 heavy (non-hydrogen) atoms. The Balaban J connectivity index is 1.58. The number of aryl methyl sites for hydroxylation is 1. The monoisotopic (exact) mass is 401 g/mol. The van der Waals surface area contributed by atoms with E-state index in [1.54, 1.807) is 22.5 Å². The number of fused-ring (bicyclic) bond motifs is 1. The number of amides is 1. The fraction of sp³-hybridized carbons (Fsp3) is 0.0909. The third kappa shape index (κ3) is 4.05. The number of carbonyl (C=O) groups excluding carboxylic acids is 1. The lowest BCUT2D eigenvalue weighted by molar-refractivity contribution is 0.0956. The first-order valence-electron chi connectivity index (χ1n) is 9.04. The van der Waals surface area contributed by atoms with E-state index in [9.17, 15) is 4.79 Å². The van der Waals surface area contributed by atoms with Crippen LogP contribution in [-0.4, -0.2) is 33.0 Å². The molecule has 6 nitrogen and oxygen atoms in total. The lowest BCUT2D eigenvalue weighted by Crippen LogP contribution is -2.17. The Morgan fingerprint density at radius 1 is 1.14 bits per heavy atom. The van der Waals surface area contributed by atoms with E-state index in [-0.39, 0.29) is 5.91 Å². The summed E-state index contributed by atoms with van der Waals surface area (Å²) in [4.78, 5) is 18.5. The Hall–Kier alpha value is -3.45. The van der Waals surface area contributed by atoms with E-state index in [0.717, 1.165) is 22.5 Å². The lowest BCUT2D eigenvalue weighted by atomic mass is 10.1. The minimum Gasteiger partial charge on any atom is -0.267 e. The normalized spacial score (nSPS) is 11.2. The molecule has 7 heteroatoms. The topological polar surface area (TPSA) is 71.7 Å². The van der Waals surface area contributed by atoms with E-state index in [1.165, 1.54) is 11.1 Å². The van der Waals surface area contributed by atoms with Crippen molar-refractivity contribution in [1.82, 2.24) is 20.0 Å². The number of nitrogens with zero attached hydrogens (tertiary/aromatic N) is 4. The van der Waals surface area contributed by atoms with Crippen LogP contribution in [0.15, 0.2) is 76.9 Å². The van der Waals surface area contributed by atoms with Crippen molar-refractivity contribution < 1.29 is 4.79 Å². The molecule has 1 N–H and O–H groups in total. The van der Waals surface area contributed by atoms with Crippen LogP contribution >= 0.6 is 11.8 Å². The molecule has 4 aromatic rings. The molecular formula is C22H19N5OS. The SMILES string of the molecule is CSc1ccc(/C=N\NC(=O)c2cnn3c(C)cc(-c4ccccc4)nc23)cc1. The van der Waals surface area contributed by atoms with Crippen LogP contribution in [0.2, 0.25) is 0 Å². The number of benzene rings is 2. The Morgan fingerprint density at radius 2 is 1.90 bits per heavy atom. The molecule has 0 fully saturated rings. The van der Waals surface area contributed by atoms with Gasteiger partial charge < -0.3 is 0 Å². The summed E-state index contributed by atoms with van der Waals surface area (Å²) < 4.78 is 1.66. The molecule has 144 valence electrons. The molecule has 0 aliphatic rings. The van der Waals surface area contributed by atoms with Gasteiger partial charge in [0.2, 0.25) is 0 Å². The molecule has 2 heterocycles. The second-order valence-electron chi connectivity index (χ2n) is 6.41. The first kappa shape index (κ1) is 18.9. The molecule has 0 aliphatic heterocycles. The average Bonchev–Trinajstić information content (AvgIpc) is 3.19. The van der Waals surface area contributed by atoms with Gasteiger partial charge >= 0.3 is 0 Å². The largest absolute Gasteiger partial charge is 0.276 e. The zero-order chi connectivity index (χ0) is 20.2. The van der Waals surface area contributed by atoms with Gasteiger partial charge in [-0.15, -0.1) is 11.8 Å². The summed E-state index contributed by atoms with van der Waals surface area (Å²) >= 11 is 1.68. The third-order valence-corrected chi connectivity index (χ3v) is 5.20. The van der Waals surface area contributed by atoms with Crippen LogP contribution < -0.4 is 5.43 Å². The van der Waals surface area contributed by atoms with Crippen LogP contribution in [0.5, 0.6) is 0 Å². The van der Waals surface area contributed by atoms with E-state index in [1.807, 2.05) is 73.8 Å². The zero-order valence-electron chi connectivity index (χ0n) is 16.0. The van der Waals surface area contributed by atoms with Crippen molar-refractivity contribution in [2.24, 2.45) is 5.10 Å². The van der Waals surface area contributed by atoms with Crippen LogP contribution in [0.3, 0.4) is 0 Å². The molecule has 1 amide bonds. The highest BCUT2D eigenvalue weighted by Gasteiger charge is 2.16. The maximum absolute atomic E-state index is 12.6. The summed E-state index contributed by atoms with van der Waals surface area (Å²) in [6.07, 6.45) is 5.16. The van der Waals surface area contributed by atoms with Gasteiger partial charge in [0.25, 0.3) is 5.91 Å². The molecule has 0 saturated carbocycles. The number of hydrogen-bond acceptors (Lipinski definition) is 5. The van der Waals surface area contributed by atoms with Gasteiger partial charge in [-0.25, -0.2) is 14.9 Å². The fourth-order valence-corrected chi connectivity index (χ4v) is 3.35. The van der Waals surface area contributed by atoms with Crippen molar-refractivity contribution in [2.45, 2.75) is 11.8 Å². The Bertz CT molecular complexity index is 1180. The third-order valence-electron chi connectivity index (χ3n) is 4.46. The van der Waals surface area contributed by atoms with Crippen molar-refractivity contribution in [3.05, 3.63) is 83.7 Å². The molecule has 0 atom stereocenters. The molecule has 2 aromatic heterocycles. The van der Waals surface area contributed by atoms with Crippen LogP contribution in [-0.2, 0) is 0 Å². The van der Waals surface area contributed by atoms with E-state index >= 15 is 0 Å². The smallest absolute Gasteiger partial charge is 0.267 e. The summed E-state index contributed by atoms with van der Waals surface area (Å²) in [5, 5.41) is 8.37. The van der Waals surface area contributed by atoms with Crippen molar-refractivity contribution >= 4 is 29.5 Å². The van der Waals surface area contributed by atoms with Crippen LogP contribution in [0.25, 0.3) is 16.9 Å². The zero-order valence-corrected chi connectivity index (χ0v) is 16.9. The predicted molar refractivity (Wildman–Crippen MR) is 116 cm³/mol. The van der Waals surface area contributed by atoms with Gasteiger partial charge in [0.05, 0.1) is 18.1 Å². The molecule has 0 saturated heterocycles. The number of rotatable bonds is 5. The number of hydrogen-bond donors (Lipinski definition) is 1. The summed E-state index contributed by atoms with van der Waals surface area (Å²) in [6, 6.07) is 19.7. The van der Waals surface area contributed by atoms with Gasteiger partial charge in [-0.3, -0.25) is 4.79 Å². The van der Waals surface area contributed by atoms with Crippen molar-refractivity contribution in [2.75, 3.05) is 6.26 Å². The number of thioether (sulfide) groups is 1. The van der Waals surface area contributed by atoms with Gasteiger partial charge in [0.15, 0.2) is 5.65 Å². The van der Waals surface area contributed by atoms with Gasteiger partial charge in [-0.2, -0.15) is 10.2 Å². The van der Waals surface area contributed by atoms with E-state index in [0.29, 0.717) is 11.2 Å². The first-order valence-corrected chi connectivity index (χ1v) is 10.3. The number of hydrazone groups is 1. The molecule has 0 bridgehead atoms. The minimum absolute atomic E-state index is 0.353. The van der Waals surface area contributed by atoms with E-state index in [4.69, 9.17) is 0 Å². The second kappa shape index (κ2) is 8.28. The number of nitrogens with one attached hydrogen (secondary N) is 1. The highest BCUT2D eigenvalue weighted by Crippen LogP contribution is 2.21. The summed E-state index contributed by atoms with van der Waals surface area (Å²) in [5.41, 5.74) is 7.02. The summed E-state index contributed by atoms with van der Waals surface area (Å²) in [7, 11) is 0. The van der Waals surface area contributed by atoms with Gasteiger partial charge in [-0.05, 0) is 36.9 Å². The van der Waals surface area contributed by atoms with Crippen LogP contribution in [0.1, 0.15) is 21.6 Å². The van der Waals surface area contributed by atoms with Gasteiger partial charge in [-0.1, -0.05) is 42.5 Å². The fourth-order valence-electron chi connectivity index (χ4n) is 2.95. The van der Waals surface area contributed by atoms with Crippen LogP contribution in [0.4, 0.5) is 0 Å². The Morgan fingerprint density at radius 3 is 2.62 bits per heavy atom. The Kier molecular flexibility index (Phi) is 5.39. The number of carbonyl (C=O) groups is 1. The molecule has 4 rings (SSSR count). The first-order chi connectivity index (χ1) is 14.2. The molecule has 0 radical (unpaired) electrons. The summed E-state index contributed by atoms with van der Waals surface area (Å²) in [6.45, 7) is 1.94. The average molecular weight is 401 g/mol. The van der Waals surface area contributed by atoms with Crippen molar-refractivity contribution in [3.8, 4) is 11.3 Å². The maximum atomic E-state index is 12.6. The van der Waals surface area contributed by atoms with E-state index < -0.39 is 0 Å². The Labute approximate surface area is 172 Å². The minimum atomic E-state index is -0.353. The lowest BCUT2D eigenvalue weighted by Gasteiger charge is -2.05. The van der Waals surface area contributed by atoms with Crippen LogP contribution in [0, 0.1) is 6.92 Å². The molecule has 2 aromatic carbocycles. The second-order valence-corrected chi connectivity index (χ2v) is 7.29. The molecule has 0 aliphatic carbocycles. The molecular weight excluding hydrogens is 382 g/mol. The number of aromatic nitrogens is 3. The highest BCUT2D eigenvalue weighted by atomic mass is 32.2. The maximum Gasteiger partial charge on any atom is 0.276 e. The summed E-state index contributed by atoms with van der Waals surface area (Å²) in [5.74, 6) is -0.353. The van der Waals surface area contributed by atoms with Crippen molar-refractivity contribution in [3.63, 3.8) is 0 Å². The quantitative estimate of drug-likeness (QED) is 0.309. The standard InChI is InChI=1S/C22H19N5OS/c1-15-12-20(17-6-4-3-5-7-17)25-21-19(14-24-27(15)21)22(28)26-23-13-16-8-10-18(29-2)11-9-16/h3-14H,1-2H3,(H,26,28)/b23-13-. The highest BCUT2D eigenvalue weighted by molar-refractivity contribution is 7.98. The van der Waals surface area contributed by atoms with E-state index in [2.05, 4.69) is 20.6 Å². The predicted octanol–water partition coefficient (Wildman–Crippen LogP) is 4.19. The van der Waals surface area contributed by atoms with Gasteiger partial charge in [0, 0.05) is 16.2 Å².